The van der Waals surface area contributed by atoms with Crippen LogP contribution >= 0.6 is 11.6 Å². The van der Waals surface area contributed by atoms with Crippen LogP contribution in [0.15, 0.2) is 42.5 Å². The minimum Gasteiger partial charge on any atom is -0.478 e. The predicted molar refractivity (Wildman–Crippen MR) is 77.6 cm³/mol. The number of carboxylic acid groups (broad SMARTS) is 1. The molecule has 0 bridgehead atoms. The van der Waals surface area contributed by atoms with Crippen molar-refractivity contribution in [3.05, 3.63) is 48.0 Å². The molecule has 4 nitrogen and oxygen atoms in total. The summed E-state index contributed by atoms with van der Waals surface area (Å²) < 4.78 is 0. The molecule has 110 valence electrons. The third-order valence-corrected chi connectivity index (χ3v) is 3.71. The topological polar surface area (TPSA) is 77.8 Å². The second-order valence-electron chi connectivity index (χ2n) is 4.71. The number of hydrogen-bond acceptors (Lipinski definition) is 3. The quantitative estimate of drug-likeness (QED) is 0.533. The second-order valence-corrected chi connectivity index (χ2v) is 5.18. The Morgan fingerprint density at radius 3 is 2.45 bits per heavy atom. The zero-order valence-electron chi connectivity index (χ0n) is 11.2. The lowest BCUT2D eigenvalue weighted by Crippen LogP contribution is -2.32. The summed E-state index contributed by atoms with van der Waals surface area (Å²) in [7, 11) is 0. The summed E-state index contributed by atoms with van der Waals surface area (Å²) in [6.45, 7) is 1.68. The predicted octanol–water partition coefficient (Wildman–Crippen LogP) is 2.36. The number of aliphatic carboxylic acids is 1. The maximum absolute atomic E-state index is 10.3. The van der Waals surface area contributed by atoms with Gasteiger partial charge in [-0.25, -0.2) is 4.79 Å². The number of halogens is 1. The first-order valence-electron chi connectivity index (χ1n) is 6.38. The van der Waals surface area contributed by atoms with Gasteiger partial charge in [0.1, 0.15) is 0 Å². The monoisotopic (exact) mass is 298 g/mol. The normalized spacial score (nSPS) is 17.6. The lowest BCUT2D eigenvalue weighted by atomic mass is 9.91. The zero-order valence-corrected chi connectivity index (χ0v) is 11.9. The van der Waals surface area contributed by atoms with Crippen molar-refractivity contribution in [2.75, 3.05) is 0 Å². The molecule has 0 amide bonds. The van der Waals surface area contributed by atoms with Crippen LogP contribution < -0.4 is 0 Å². The van der Waals surface area contributed by atoms with Crippen LogP contribution in [-0.2, 0) is 4.79 Å². The molecule has 1 aromatic rings. The van der Waals surface area contributed by atoms with Gasteiger partial charge in [-0.2, -0.15) is 0 Å². The summed E-state index contributed by atoms with van der Waals surface area (Å²) in [5.41, 5.74) is 0.779. The van der Waals surface area contributed by atoms with Gasteiger partial charge in [0, 0.05) is 12.0 Å². The lowest BCUT2D eigenvalue weighted by molar-refractivity contribution is -0.131. The van der Waals surface area contributed by atoms with Crippen molar-refractivity contribution in [3.63, 3.8) is 0 Å². The van der Waals surface area contributed by atoms with Crippen LogP contribution in [0.1, 0.15) is 24.3 Å². The van der Waals surface area contributed by atoms with E-state index >= 15 is 0 Å². The first-order chi connectivity index (χ1) is 9.43. The number of hydrogen-bond donors (Lipinski definition) is 3. The first kappa shape index (κ1) is 16.7. The molecule has 0 aliphatic carbocycles. The van der Waals surface area contributed by atoms with E-state index in [2.05, 4.69) is 0 Å². The molecule has 1 aromatic carbocycles. The van der Waals surface area contributed by atoms with Gasteiger partial charge in [0.05, 0.1) is 17.6 Å². The molecule has 0 fully saturated rings. The molecule has 4 unspecified atom stereocenters. The Morgan fingerprint density at radius 2 is 1.90 bits per heavy atom. The number of benzene rings is 1. The van der Waals surface area contributed by atoms with Gasteiger partial charge < -0.3 is 15.3 Å². The molecule has 3 N–H and O–H groups in total. The number of carboxylic acids is 1. The number of aliphatic hydroxyl groups excluding tert-OH is 2. The fraction of sp³-hybridized carbons (Fsp3) is 0.400. The number of carbonyl (C=O) groups is 1. The molecular formula is C15H19ClO4. The number of alkyl halides is 1. The Bertz CT molecular complexity index is 446. The van der Waals surface area contributed by atoms with E-state index < -0.39 is 29.5 Å². The molecule has 0 saturated carbocycles. The van der Waals surface area contributed by atoms with Crippen LogP contribution in [-0.4, -0.2) is 33.5 Å². The molecule has 0 radical (unpaired) electrons. The van der Waals surface area contributed by atoms with E-state index in [1.807, 2.05) is 30.3 Å². The standard InChI is InChI=1S/C15H19ClO4/c1-10(12(17)8-5-9-13(18)19)15(20)14(16)11-6-3-2-4-7-11/h2-7,9-10,12,14-15,17,20H,8H2,1H3,(H,18,19)/b9-5+. The molecule has 0 aliphatic heterocycles. The highest BCUT2D eigenvalue weighted by Gasteiger charge is 2.28. The summed E-state index contributed by atoms with van der Waals surface area (Å²) in [4.78, 5) is 10.3. The Hall–Kier alpha value is -1.36. The molecule has 0 aromatic heterocycles. The van der Waals surface area contributed by atoms with Crippen molar-refractivity contribution in [1.29, 1.82) is 0 Å². The molecule has 0 aliphatic rings. The second kappa shape index (κ2) is 8.04. The van der Waals surface area contributed by atoms with Crippen molar-refractivity contribution in [2.24, 2.45) is 5.92 Å². The average Bonchev–Trinajstić information content (AvgIpc) is 2.45. The Labute approximate surface area is 123 Å². The summed E-state index contributed by atoms with van der Waals surface area (Å²) in [5, 5.41) is 28.0. The van der Waals surface area contributed by atoms with Gasteiger partial charge in [-0.05, 0) is 12.0 Å². The fourth-order valence-electron chi connectivity index (χ4n) is 1.85. The molecule has 0 saturated heterocycles. The fourth-order valence-corrected chi connectivity index (χ4v) is 2.23. The van der Waals surface area contributed by atoms with Gasteiger partial charge in [0.15, 0.2) is 0 Å². The van der Waals surface area contributed by atoms with Crippen molar-refractivity contribution < 1.29 is 20.1 Å². The summed E-state index contributed by atoms with van der Waals surface area (Å²) in [5.74, 6) is -1.54. The van der Waals surface area contributed by atoms with Crippen LogP contribution in [0.25, 0.3) is 0 Å². The lowest BCUT2D eigenvalue weighted by Gasteiger charge is -2.27. The van der Waals surface area contributed by atoms with E-state index in [4.69, 9.17) is 16.7 Å². The van der Waals surface area contributed by atoms with E-state index in [0.717, 1.165) is 11.6 Å². The zero-order chi connectivity index (χ0) is 15.1. The number of aliphatic hydroxyl groups is 2. The van der Waals surface area contributed by atoms with Crippen LogP contribution in [0.4, 0.5) is 0 Å². The number of rotatable bonds is 7. The molecule has 1 rings (SSSR count). The highest BCUT2D eigenvalue weighted by Crippen LogP contribution is 2.30. The Kier molecular flexibility index (Phi) is 6.71. The van der Waals surface area contributed by atoms with Gasteiger partial charge in [-0.1, -0.05) is 43.3 Å². The minimum atomic E-state index is -1.06. The smallest absolute Gasteiger partial charge is 0.327 e. The van der Waals surface area contributed by atoms with Crippen molar-refractivity contribution in [1.82, 2.24) is 0 Å². The van der Waals surface area contributed by atoms with Gasteiger partial charge in [-0.15, -0.1) is 11.6 Å². The molecule has 5 heteroatoms. The molecule has 0 heterocycles. The highest BCUT2D eigenvalue weighted by atomic mass is 35.5. The van der Waals surface area contributed by atoms with Crippen LogP contribution in [0, 0.1) is 5.92 Å². The van der Waals surface area contributed by atoms with Crippen molar-refractivity contribution in [3.8, 4) is 0 Å². The minimum absolute atomic E-state index is 0.156. The average molecular weight is 299 g/mol. The van der Waals surface area contributed by atoms with E-state index in [0.29, 0.717) is 0 Å². The van der Waals surface area contributed by atoms with Gasteiger partial charge >= 0.3 is 5.97 Å². The van der Waals surface area contributed by atoms with Crippen LogP contribution in [0.3, 0.4) is 0 Å². The third kappa shape index (κ3) is 4.96. The maximum atomic E-state index is 10.3. The van der Waals surface area contributed by atoms with E-state index in [-0.39, 0.29) is 6.42 Å². The Morgan fingerprint density at radius 1 is 1.30 bits per heavy atom. The Balaban J connectivity index is 2.61. The third-order valence-electron chi connectivity index (χ3n) is 3.20. The van der Waals surface area contributed by atoms with Gasteiger partial charge in [-0.3, -0.25) is 0 Å². The van der Waals surface area contributed by atoms with E-state index in [1.165, 1.54) is 6.08 Å². The van der Waals surface area contributed by atoms with E-state index in [9.17, 15) is 15.0 Å². The van der Waals surface area contributed by atoms with Crippen LogP contribution in [0.5, 0.6) is 0 Å². The highest BCUT2D eigenvalue weighted by molar-refractivity contribution is 6.21. The summed E-state index contributed by atoms with van der Waals surface area (Å²) in [6, 6.07) is 9.13. The van der Waals surface area contributed by atoms with Crippen molar-refractivity contribution in [2.45, 2.75) is 30.9 Å². The summed E-state index contributed by atoms with van der Waals surface area (Å²) >= 11 is 6.21. The van der Waals surface area contributed by atoms with E-state index in [1.54, 1.807) is 6.92 Å². The SMILES string of the molecule is CC(C(O)C/C=C/C(=O)O)C(O)C(Cl)c1ccccc1. The molecule has 20 heavy (non-hydrogen) atoms. The molecule has 0 spiro atoms. The van der Waals surface area contributed by atoms with Gasteiger partial charge in [0.2, 0.25) is 0 Å². The summed E-state index contributed by atoms with van der Waals surface area (Å²) in [6.07, 6.45) is 0.709. The first-order valence-corrected chi connectivity index (χ1v) is 6.81. The van der Waals surface area contributed by atoms with Crippen LogP contribution in [0.2, 0.25) is 0 Å². The molecule has 4 atom stereocenters. The maximum Gasteiger partial charge on any atom is 0.327 e. The van der Waals surface area contributed by atoms with Crippen molar-refractivity contribution >= 4 is 17.6 Å². The largest absolute Gasteiger partial charge is 0.478 e. The molecular weight excluding hydrogens is 280 g/mol. The van der Waals surface area contributed by atoms with Gasteiger partial charge in [0.25, 0.3) is 0 Å².